The van der Waals surface area contributed by atoms with Crippen molar-refractivity contribution in [1.29, 1.82) is 0 Å². The van der Waals surface area contributed by atoms with E-state index in [1.165, 1.54) is 13.4 Å². The number of hydrogen-bond donors (Lipinski definition) is 1. The molecule has 0 aliphatic heterocycles. The third-order valence-corrected chi connectivity index (χ3v) is 2.89. The Hall–Kier alpha value is -1.78. The second-order valence-electron chi connectivity index (χ2n) is 4.00. The smallest absolute Gasteiger partial charge is 0.374 e. The van der Waals surface area contributed by atoms with Crippen LogP contribution < -0.4 is 5.32 Å². The molecular weight excluding hydrogens is 266 g/mol. The van der Waals surface area contributed by atoms with Crippen LogP contribution in [0.1, 0.15) is 21.7 Å². The van der Waals surface area contributed by atoms with Gasteiger partial charge in [-0.1, -0.05) is 23.7 Å². The Morgan fingerprint density at radius 2 is 2.21 bits per heavy atom. The topological polar surface area (TPSA) is 51.5 Å². The Bertz CT molecular complexity index is 565. The molecule has 0 spiro atoms. The lowest BCUT2D eigenvalue weighted by atomic mass is 10.2. The van der Waals surface area contributed by atoms with E-state index in [4.69, 9.17) is 16.0 Å². The van der Waals surface area contributed by atoms with Gasteiger partial charge in [0.1, 0.15) is 0 Å². The van der Waals surface area contributed by atoms with E-state index in [-0.39, 0.29) is 5.76 Å². The van der Waals surface area contributed by atoms with Crippen molar-refractivity contribution < 1.29 is 13.9 Å². The van der Waals surface area contributed by atoms with Crippen molar-refractivity contribution in [2.45, 2.75) is 13.1 Å². The van der Waals surface area contributed by atoms with Gasteiger partial charge in [0, 0.05) is 23.7 Å². The number of halogens is 1. The van der Waals surface area contributed by atoms with Crippen molar-refractivity contribution in [2.24, 2.45) is 0 Å². The lowest BCUT2D eigenvalue weighted by molar-refractivity contribution is 0.0563. The summed E-state index contributed by atoms with van der Waals surface area (Å²) in [6.45, 7) is 1.18. The molecule has 100 valence electrons. The number of ether oxygens (including phenoxy) is 1. The largest absolute Gasteiger partial charge is 0.463 e. The SMILES string of the molecule is COC(=O)c1occc1CNCc1cccc(Cl)c1. The average molecular weight is 280 g/mol. The third kappa shape index (κ3) is 3.59. The number of esters is 1. The molecule has 0 aliphatic carbocycles. The number of hydrogen-bond acceptors (Lipinski definition) is 4. The number of methoxy groups -OCH3 is 1. The maximum Gasteiger partial charge on any atom is 0.374 e. The monoisotopic (exact) mass is 279 g/mol. The second kappa shape index (κ2) is 6.41. The van der Waals surface area contributed by atoms with Crippen molar-refractivity contribution in [1.82, 2.24) is 5.32 Å². The first-order chi connectivity index (χ1) is 9.20. The van der Waals surface area contributed by atoms with Crippen LogP contribution in [0.4, 0.5) is 0 Å². The highest BCUT2D eigenvalue weighted by Gasteiger charge is 2.14. The molecule has 2 aromatic rings. The molecule has 1 N–H and O–H groups in total. The minimum Gasteiger partial charge on any atom is -0.463 e. The molecule has 0 saturated heterocycles. The molecule has 0 amide bonds. The second-order valence-corrected chi connectivity index (χ2v) is 4.44. The number of furan rings is 1. The number of carbonyl (C=O) groups excluding carboxylic acids is 1. The van der Waals surface area contributed by atoms with Crippen LogP contribution in [0, 0.1) is 0 Å². The van der Waals surface area contributed by atoms with Crippen LogP contribution in [-0.2, 0) is 17.8 Å². The van der Waals surface area contributed by atoms with E-state index >= 15 is 0 Å². The van der Waals surface area contributed by atoms with Crippen molar-refractivity contribution >= 4 is 17.6 Å². The zero-order valence-corrected chi connectivity index (χ0v) is 11.2. The first-order valence-corrected chi connectivity index (χ1v) is 6.18. The van der Waals surface area contributed by atoms with Gasteiger partial charge in [-0.25, -0.2) is 4.79 Å². The van der Waals surface area contributed by atoms with Gasteiger partial charge in [0.05, 0.1) is 13.4 Å². The standard InChI is InChI=1S/C14H14ClNO3/c1-18-14(17)13-11(5-6-19-13)9-16-8-10-3-2-4-12(15)7-10/h2-7,16H,8-9H2,1H3. The predicted molar refractivity (Wildman–Crippen MR) is 72.0 cm³/mol. The molecule has 0 unspecified atom stereocenters. The van der Waals surface area contributed by atoms with Gasteiger partial charge in [-0.3, -0.25) is 0 Å². The highest BCUT2D eigenvalue weighted by atomic mass is 35.5. The summed E-state index contributed by atoms with van der Waals surface area (Å²) in [5.41, 5.74) is 1.85. The first kappa shape index (κ1) is 13.6. The molecule has 0 atom stereocenters. The zero-order valence-electron chi connectivity index (χ0n) is 10.5. The van der Waals surface area contributed by atoms with Crippen molar-refractivity contribution in [3.05, 3.63) is 58.5 Å². The minimum absolute atomic E-state index is 0.237. The van der Waals surface area contributed by atoms with Crippen LogP contribution in [-0.4, -0.2) is 13.1 Å². The van der Waals surface area contributed by atoms with Crippen LogP contribution >= 0.6 is 11.6 Å². The summed E-state index contributed by atoms with van der Waals surface area (Å²) < 4.78 is 9.74. The molecule has 0 fully saturated rings. The van der Waals surface area contributed by atoms with Crippen molar-refractivity contribution in [3.63, 3.8) is 0 Å². The number of nitrogens with one attached hydrogen (secondary N) is 1. The maximum absolute atomic E-state index is 11.4. The Balaban J connectivity index is 1.93. The van der Waals surface area contributed by atoms with Gasteiger partial charge in [0.2, 0.25) is 5.76 Å². The van der Waals surface area contributed by atoms with Gasteiger partial charge in [-0.15, -0.1) is 0 Å². The molecule has 4 nitrogen and oxygen atoms in total. The Morgan fingerprint density at radius 3 is 2.95 bits per heavy atom. The predicted octanol–water partition coefficient (Wildman–Crippen LogP) is 3.01. The number of carbonyl (C=O) groups is 1. The van der Waals surface area contributed by atoms with Crippen LogP contribution in [0.15, 0.2) is 41.0 Å². The van der Waals surface area contributed by atoms with Gasteiger partial charge in [-0.05, 0) is 23.8 Å². The van der Waals surface area contributed by atoms with Crippen LogP contribution in [0.2, 0.25) is 5.02 Å². The van der Waals surface area contributed by atoms with E-state index in [1.54, 1.807) is 6.07 Å². The third-order valence-electron chi connectivity index (χ3n) is 2.65. The molecule has 0 bridgehead atoms. The minimum atomic E-state index is -0.468. The summed E-state index contributed by atoms with van der Waals surface area (Å²) in [7, 11) is 1.33. The van der Waals surface area contributed by atoms with E-state index in [9.17, 15) is 4.79 Å². The summed E-state index contributed by atoms with van der Waals surface area (Å²) in [6.07, 6.45) is 1.47. The number of rotatable bonds is 5. The Morgan fingerprint density at radius 1 is 1.37 bits per heavy atom. The lowest BCUT2D eigenvalue weighted by Gasteiger charge is -2.05. The summed E-state index contributed by atoms with van der Waals surface area (Å²) in [5.74, 6) is -0.231. The van der Waals surface area contributed by atoms with E-state index in [2.05, 4.69) is 10.1 Å². The summed E-state index contributed by atoms with van der Waals surface area (Å²) in [5, 5.41) is 3.93. The molecule has 1 heterocycles. The van der Waals surface area contributed by atoms with Gasteiger partial charge in [-0.2, -0.15) is 0 Å². The molecule has 5 heteroatoms. The molecular formula is C14H14ClNO3. The molecule has 2 rings (SSSR count). The first-order valence-electron chi connectivity index (χ1n) is 5.80. The van der Waals surface area contributed by atoms with E-state index in [1.807, 2.05) is 24.3 Å². The summed E-state index contributed by atoms with van der Waals surface area (Å²) in [4.78, 5) is 11.4. The molecule has 0 radical (unpaired) electrons. The van der Waals surface area contributed by atoms with E-state index in [0.29, 0.717) is 18.1 Å². The fourth-order valence-corrected chi connectivity index (χ4v) is 1.95. The fraction of sp³-hybridized carbons (Fsp3) is 0.214. The van der Waals surface area contributed by atoms with Crippen LogP contribution in [0.25, 0.3) is 0 Å². The lowest BCUT2D eigenvalue weighted by Crippen LogP contribution is -2.14. The van der Waals surface area contributed by atoms with Gasteiger partial charge >= 0.3 is 5.97 Å². The highest BCUT2D eigenvalue weighted by Crippen LogP contribution is 2.13. The van der Waals surface area contributed by atoms with Gasteiger partial charge in [0.15, 0.2) is 0 Å². The van der Waals surface area contributed by atoms with Gasteiger partial charge in [0.25, 0.3) is 0 Å². The molecule has 0 aliphatic rings. The van der Waals surface area contributed by atoms with E-state index in [0.717, 1.165) is 11.1 Å². The quantitative estimate of drug-likeness (QED) is 0.855. The molecule has 1 aromatic carbocycles. The normalized spacial score (nSPS) is 10.4. The Labute approximate surface area is 116 Å². The maximum atomic E-state index is 11.4. The van der Waals surface area contributed by atoms with E-state index < -0.39 is 5.97 Å². The average Bonchev–Trinajstić information content (AvgIpc) is 2.86. The van der Waals surface area contributed by atoms with Crippen molar-refractivity contribution in [2.75, 3.05) is 7.11 Å². The van der Waals surface area contributed by atoms with Crippen LogP contribution in [0.3, 0.4) is 0 Å². The van der Waals surface area contributed by atoms with Crippen molar-refractivity contribution in [3.8, 4) is 0 Å². The van der Waals surface area contributed by atoms with Crippen LogP contribution in [0.5, 0.6) is 0 Å². The molecule has 0 saturated carbocycles. The summed E-state index contributed by atoms with van der Waals surface area (Å²) >= 11 is 5.90. The highest BCUT2D eigenvalue weighted by molar-refractivity contribution is 6.30. The number of benzene rings is 1. The zero-order chi connectivity index (χ0) is 13.7. The molecule has 19 heavy (non-hydrogen) atoms. The van der Waals surface area contributed by atoms with Gasteiger partial charge < -0.3 is 14.5 Å². The molecule has 1 aromatic heterocycles. The fourth-order valence-electron chi connectivity index (χ4n) is 1.74. The summed E-state index contributed by atoms with van der Waals surface area (Å²) in [6, 6.07) is 9.35. The Kier molecular flexibility index (Phi) is 4.60.